The average Bonchev–Trinajstić information content (AvgIpc) is 2.86. The van der Waals surface area contributed by atoms with Crippen LogP contribution in [0.5, 0.6) is 5.75 Å². The van der Waals surface area contributed by atoms with Crippen molar-refractivity contribution in [1.29, 1.82) is 0 Å². The van der Waals surface area contributed by atoms with Crippen molar-refractivity contribution in [2.75, 3.05) is 26.3 Å². The molecule has 0 spiro atoms. The number of aliphatic hydroxyl groups excluding tert-OH is 1. The van der Waals surface area contributed by atoms with Crippen LogP contribution in [0.4, 0.5) is 0 Å². The van der Waals surface area contributed by atoms with Gasteiger partial charge in [0.05, 0.1) is 12.2 Å². The molecule has 0 bridgehead atoms. The molecule has 1 saturated heterocycles. The Bertz CT molecular complexity index is 439. The molecule has 1 aromatic rings. The summed E-state index contributed by atoms with van der Waals surface area (Å²) < 4.78 is 5.76. The minimum Gasteiger partial charge on any atom is -0.492 e. The van der Waals surface area contributed by atoms with Crippen LogP contribution in [0, 0.1) is 0 Å². The zero-order valence-corrected chi connectivity index (χ0v) is 11.7. The van der Waals surface area contributed by atoms with Crippen molar-refractivity contribution in [3.63, 3.8) is 0 Å². The first-order chi connectivity index (χ1) is 9.22. The van der Waals surface area contributed by atoms with Crippen molar-refractivity contribution >= 4 is 17.2 Å². The van der Waals surface area contributed by atoms with Gasteiger partial charge in [-0.15, -0.1) is 0 Å². The summed E-state index contributed by atoms with van der Waals surface area (Å²) in [5, 5.41) is 9.25. The van der Waals surface area contributed by atoms with Gasteiger partial charge in [0, 0.05) is 12.6 Å². The number of nitrogens with two attached hydrogens (primary N) is 1. The molecule has 0 amide bonds. The van der Waals surface area contributed by atoms with E-state index in [9.17, 15) is 5.11 Å². The summed E-state index contributed by atoms with van der Waals surface area (Å²) in [7, 11) is 0. The maximum Gasteiger partial charge on any atom is 0.129 e. The number of benzene rings is 1. The molecule has 104 valence electrons. The second kappa shape index (κ2) is 6.84. The Morgan fingerprint density at radius 3 is 3.00 bits per heavy atom. The van der Waals surface area contributed by atoms with Gasteiger partial charge in [0.2, 0.25) is 0 Å². The average molecular weight is 280 g/mol. The highest BCUT2D eigenvalue weighted by atomic mass is 32.1. The van der Waals surface area contributed by atoms with Crippen LogP contribution in [0.3, 0.4) is 0 Å². The molecule has 0 radical (unpaired) electrons. The third-order valence-corrected chi connectivity index (χ3v) is 3.72. The second-order valence-electron chi connectivity index (χ2n) is 4.72. The number of thiocarbonyl (C=S) groups is 1. The lowest BCUT2D eigenvalue weighted by atomic mass is 10.2. The Morgan fingerprint density at radius 1 is 1.47 bits per heavy atom. The Kier molecular flexibility index (Phi) is 5.13. The minimum atomic E-state index is 0.226. The van der Waals surface area contributed by atoms with Gasteiger partial charge in [-0.25, -0.2) is 0 Å². The van der Waals surface area contributed by atoms with E-state index in [0.717, 1.165) is 37.2 Å². The van der Waals surface area contributed by atoms with Crippen molar-refractivity contribution in [2.45, 2.75) is 18.9 Å². The molecule has 0 saturated carbocycles. The van der Waals surface area contributed by atoms with Gasteiger partial charge in [0.25, 0.3) is 0 Å². The van der Waals surface area contributed by atoms with E-state index in [1.807, 2.05) is 24.3 Å². The zero-order valence-electron chi connectivity index (χ0n) is 10.9. The minimum absolute atomic E-state index is 0.226. The Morgan fingerprint density at radius 2 is 2.26 bits per heavy atom. The lowest BCUT2D eigenvalue weighted by molar-refractivity contribution is 0.139. The molecular weight excluding hydrogens is 260 g/mol. The summed E-state index contributed by atoms with van der Waals surface area (Å²) in [6, 6.07) is 7.83. The smallest absolute Gasteiger partial charge is 0.129 e. The van der Waals surface area contributed by atoms with E-state index < -0.39 is 0 Å². The maximum absolute atomic E-state index is 9.25. The summed E-state index contributed by atoms with van der Waals surface area (Å²) in [5.74, 6) is 0.731. The fraction of sp³-hybridized carbons (Fsp3) is 0.500. The molecule has 1 aliphatic rings. The molecule has 0 aromatic heterocycles. The van der Waals surface area contributed by atoms with E-state index in [2.05, 4.69) is 4.90 Å². The molecule has 1 unspecified atom stereocenters. The molecule has 5 heteroatoms. The predicted octanol–water partition coefficient (Wildman–Crippen LogP) is 1.16. The number of ether oxygens (including phenoxy) is 1. The number of hydrogen-bond donors (Lipinski definition) is 2. The third-order valence-electron chi connectivity index (χ3n) is 3.50. The number of nitrogens with zero attached hydrogens (tertiary/aromatic N) is 1. The fourth-order valence-corrected chi connectivity index (χ4v) is 2.63. The molecule has 3 N–H and O–H groups in total. The van der Waals surface area contributed by atoms with Gasteiger partial charge >= 0.3 is 0 Å². The van der Waals surface area contributed by atoms with E-state index in [1.165, 1.54) is 0 Å². The highest BCUT2D eigenvalue weighted by Crippen LogP contribution is 2.19. The van der Waals surface area contributed by atoms with Gasteiger partial charge in [-0.2, -0.15) is 0 Å². The van der Waals surface area contributed by atoms with Gasteiger partial charge in [-0.1, -0.05) is 24.4 Å². The summed E-state index contributed by atoms with van der Waals surface area (Å²) in [4.78, 5) is 2.62. The molecule has 1 atom stereocenters. The molecule has 19 heavy (non-hydrogen) atoms. The van der Waals surface area contributed by atoms with Crippen LogP contribution in [-0.4, -0.2) is 47.3 Å². The first-order valence-electron chi connectivity index (χ1n) is 6.59. The lowest BCUT2D eigenvalue weighted by Gasteiger charge is -2.22. The number of hydrogen-bond acceptors (Lipinski definition) is 4. The monoisotopic (exact) mass is 280 g/mol. The zero-order chi connectivity index (χ0) is 13.7. The van der Waals surface area contributed by atoms with Crippen LogP contribution >= 0.6 is 12.2 Å². The van der Waals surface area contributed by atoms with E-state index >= 15 is 0 Å². The number of rotatable bonds is 6. The maximum atomic E-state index is 9.25. The quantitative estimate of drug-likeness (QED) is 0.766. The number of likely N-dealkylation sites (tertiary alicyclic amines) is 1. The van der Waals surface area contributed by atoms with E-state index in [-0.39, 0.29) is 12.6 Å². The van der Waals surface area contributed by atoms with Crippen molar-refractivity contribution in [1.82, 2.24) is 4.90 Å². The molecule has 1 fully saturated rings. The Labute approximate surface area is 119 Å². The summed E-state index contributed by atoms with van der Waals surface area (Å²) in [6.45, 7) is 2.65. The Balaban J connectivity index is 1.87. The van der Waals surface area contributed by atoms with Crippen molar-refractivity contribution < 1.29 is 9.84 Å². The lowest BCUT2D eigenvalue weighted by Crippen LogP contribution is -2.35. The SMILES string of the molecule is NC(=S)c1ccccc1OCCN1CCCC1CO. The van der Waals surface area contributed by atoms with E-state index in [1.54, 1.807) is 0 Å². The summed E-state index contributed by atoms with van der Waals surface area (Å²) >= 11 is 5.00. The highest BCUT2D eigenvalue weighted by Gasteiger charge is 2.23. The van der Waals surface area contributed by atoms with Crippen LogP contribution in [0.25, 0.3) is 0 Å². The second-order valence-corrected chi connectivity index (χ2v) is 5.16. The van der Waals surface area contributed by atoms with Crippen LogP contribution in [0.15, 0.2) is 24.3 Å². The molecule has 1 heterocycles. The Hall–Kier alpha value is -1.17. The van der Waals surface area contributed by atoms with Gasteiger partial charge < -0.3 is 15.6 Å². The van der Waals surface area contributed by atoms with Gasteiger partial charge in [0.15, 0.2) is 0 Å². The standard InChI is InChI=1S/C14H20N2O2S/c15-14(19)12-5-1-2-6-13(12)18-9-8-16-7-3-4-11(16)10-17/h1-2,5-6,11,17H,3-4,7-10H2,(H2,15,19). The van der Waals surface area contributed by atoms with Crippen molar-refractivity contribution in [3.8, 4) is 5.75 Å². The molecule has 1 aliphatic heterocycles. The van der Waals surface area contributed by atoms with Gasteiger partial charge in [-0.3, -0.25) is 4.90 Å². The van der Waals surface area contributed by atoms with Crippen LogP contribution < -0.4 is 10.5 Å². The van der Waals surface area contributed by atoms with Crippen molar-refractivity contribution in [3.05, 3.63) is 29.8 Å². The normalized spacial score (nSPS) is 19.5. The van der Waals surface area contributed by atoms with E-state index in [0.29, 0.717) is 11.6 Å². The van der Waals surface area contributed by atoms with Gasteiger partial charge in [0.1, 0.15) is 17.3 Å². The summed E-state index contributed by atoms with van der Waals surface area (Å²) in [5.41, 5.74) is 6.44. The summed E-state index contributed by atoms with van der Waals surface area (Å²) in [6.07, 6.45) is 2.22. The van der Waals surface area contributed by atoms with E-state index in [4.69, 9.17) is 22.7 Å². The largest absolute Gasteiger partial charge is 0.492 e. The molecule has 2 rings (SSSR count). The highest BCUT2D eigenvalue weighted by molar-refractivity contribution is 7.80. The topological polar surface area (TPSA) is 58.7 Å². The number of aliphatic hydroxyl groups is 1. The fourth-order valence-electron chi connectivity index (χ4n) is 2.47. The van der Waals surface area contributed by atoms with Crippen LogP contribution in [0.2, 0.25) is 0 Å². The molecule has 4 nitrogen and oxygen atoms in total. The van der Waals surface area contributed by atoms with Crippen molar-refractivity contribution in [2.24, 2.45) is 5.73 Å². The molecule has 1 aromatic carbocycles. The van der Waals surface area contributed by atoms with Gasteiger partial charge in [-0.05, 0) is 31.5 Å². The first-order valence-corrected chi connectivity index (χ1v) is 6.99. The first kappa shape index (κ1) is 14.2. The molecule has 0 aliphatic carbocycles. The number of para-hydroxylation sites is 1. The van der Waals surface area contributed by atoms with Crippen LogP contribution in [0.1, 0.15) is 18.4 Å². The molecular formula is C14H20N2O2S. The van der Waals surface area contributed by atoms with Crippen LogP contribution in [-0.2, 0) is 0 Å². The third kappa shape index (κ3) is 3.65. The predicted molar refractivity (Wildman–Crippen MR) is 79.5 cm³/mol.